The van der Waals surface area contributed by atoms with E-state index < -0.39 is 0 Å². The first-order chi connectivity index (χ1) is 9.95. The van der Waals surface area contributed by atoms with Gasteiger partial charge in [-0.25, -0.2) is 4.39 Å². The van der Waals surface area contributed by atoms with Crippen molar-refractivity contribution in [1.29, 1.82) is 0 Å². The van der Waals surface area contributed by atoms with Gasteiger partial charge in [0.25, 0.3) is 0 Å². The number of carbonyl (C=O) groups excluding carboxylic acids is 1. The normalized spacial score (nSPS) is 10.5. The number of nitrogens with two attached hydrogens (primary N) is 1. The topological polar surface area (TPSA) is 52.3 Å². The molecule has 0 fully saturated rings. The Morgan fingerprint density at radius 3 is 2.43 bits per heavy atom. The van der Waals surface area contributed by atoms with Gasteiger partial charge in [0.1, 0.15) is 11.6 Å². The van der Waals surface area contributed by atoms with E-state index in [4.69, 9.17) is 10.5 Å². The van der Waals surface area contributed by atoms with Crippen molar-refractivity contribution in [3.8, 4) is 5.75 Å². The second-order valence-electron chi connectivity index (χ2n) is 4.91. The van der Waals surface area contributed by atoms with Crippen molar-refractivity contribution in [2.75, 3.05) is 12.3 Å². The Morgan fingerprint density at radius 2 is 1.86 bits per heavy atom. The Hall–Kier alpha value is -2.36. The zero-order valence-corrected chi connectivity index (χ0v) is 12.4. The molecular formula is C17H18FNO2. The standard InChI is InChI=1S/C17H18FNO2/c1-4-21-14-7-5-6-13(19)15(14)17(20)12-8-10(2)16(18)11(3)9-12/h5-9H,4,19H2,1-3H3. The minimum atomic E-state index is -0.294. The molecule has 0 unspecified atom stereocenters. The summed E-state index contributed by atoms with van der Waals surface area (Å²) in [4.78, 5) is 12.7. The fraction of sp³-hybridized carbons (Fsp3) is 0.235. The van der Waals surface area contributed by atoms with Crippen LogP contribution in [0, 0.1) is 19.7 Å². The molecule has 4 heteroatoms. The van der Waals surface area contributed by atoms with Crippen LogP contribution < -0.4 is 10.5 Å². The van der Waals surface area contributed by atoms with Gasteiger partial charge in [0.2, 0.25) is 0 Å². The van der Waals surface area contributed by atoms with E-state index in [1.807, 2.05) is 6.92 Å². The molecule has 0 aliphatic rings. The number of ether oxygens (including phenoxy) is 1. The summed E-state index contributed by atoms with van der Waals surface area (Å²) in [5.74, 6) is -0.109. The molecule has 0 aliphatic heterocycles. The number of aryl methyl sites for hydroxylation is 2. The number of nitrogen functional groups attached to an aromatic ring is 1. The number of hydrogen-bond acceptors (Lipinski definition) is 3. The molecule has 0 atom stereocenters. The van der Waals surface area contributed by atoms with Crippen LogP contribution in [-0.2, 0) is 0 Å². The highest BCUT2D eigenvalue weighted by Gasteiger charge is 2.19. The van der Waals surface area contributed by atoms with Crippen LogP contribution in [0.3, 0.4) is 0 Å². The third-order valence-corrected chi connectivity index (χ3v) is 3.28. The van der Waals surface area contributed by atoms with E-state index in [0.717, 1.165) is 0 Å². The van der Waals surface area contributed by atoms with Gasteiger partial charge in [0, 0.05) is 11.3 Å². The third kappa shape index (κ3) is 2.89. The monoisotopic (exact) mass is 287 g/mol. The highest BCUT2D eigenvalue weighted by Crippen LogP contribution is 2.28. The van der Waals surface area contributed by atoms with Gasteiger partial charge in [-0.1, -0.05) is 6.07 Å². The predicted octanol–water partition coefficient (Wildman–Crippen LogP) is 3.65. The van der Waals surface area contributed by atoms with Crippen LogP contribution in [0.15, 0.2) is 30.3 Å². The van der Waals surface area contributed by atoms with Gasteiger partial charge in [-0.05, 0) is 56.2 Å². The number of rotatable bonds is 4. The lowest BCUT2D eigenvalue weighted by atomic mass is 9.97. The molecule has 2 N–H and O–H groups in total. The molecule has 0 spiro atoms. The van der Waals surface area contributed by atoms with Gasteiger partial charge in [-0.2, -0.15) is 0 Å². The summed E-state index contributed by atoms with van der Waals surface area (Å²) in [5.41, 5.74) is 7.88. The predicted molar refractivity (Wildman–Crippen MR) is 81.3 cm³/mol. The Morgan fingerprint density at radius 1 is 1.24 bits per heavy atom. The summed E-state index contributed by atoms with van der Waals surface area (Å²) >= 11 is 0. The van der Waals surface area contributed by atoms with Crippen LogP contribution in [-0.4, -0.2) is 12.4 Å². The highest BCUT2D eigenvalue weighted by molar-refractivity contribution is 6.14. The van der Waals surface area contributed by atoms with Crippen LogP contribution in [0.1, 0.15) is 34.0 Å². The third-order valence-electron chi connectivity index (χ3n) is 3.28. The summed E-state index contributed by atoms with van der Waals surface area (Å²) in [6.45, 7) is 5.54. The van der Waals surface area contributed by atoms with Gasteiger partial charge < -0.3 is 10.5 Å². The minimum Gasteiger partial charge on any atom is -0.493 e. The molecule has 0 saturated heterocycles. The molecule has 0 aliphatic carbocycles. The van der Waals surface area contributed by atoms with E-state index in [9.17, 15) is 9.18 Å². The Kier molecular flexibility index (Phi) is 4.26. The fourth-order valence-electron chi connectivity index (χ4n) is 2.29. The summed E-state index contributed by atoms with van der Waals surface area (Å²) in [7, 11) is 0. The first-order valence-electron chi connectivity index (χ1n) is 6.78. The van der Waals surface area contributed by atoms with Crippen molar-refractivity contribution < 1.29 is 13.9 Å². The Balaban J connectivity index is 2.55. The molecule has 2 aromatic carbocycles. The van der Waals surface area contributed by atoms with Crippen LogP contribution in [0.2, 0.25) is 0 Å². The van der Waals surface area contributed by atoms with Gasteiger partial charge >= 0.3 is 0 Å². The van der Waals surface area contributed by atoms with E-state index in [1.54, 1.807) is 32.0 Å². The van der Waals surface area contributed by atoms with Crippen molar-refractivity contribution in [1.82, 2.24) is 0 Å². The van der Waals surface area contributed by atoms with Gasteiger partial charge in [-0.3, -0.25) is 4.79 Å². The number of hydrogen-bond donors (Lipinski definition) is 1. The minimum absolute atomic E-state index is 0.261. The van der Waals surface area contributed by atoms with Crippen molar-refractivity contribution in [3.05, 3.63) is 58.4 Å². The molecule has 0 heterocycles. The van der Waals surface area contributed by atoms with Crippen LogP contribution >= 0.6 is 0 Å². The molecule has 0 amide bonds. The lowest BCUT2D eigenvalue weighted by molar-refractivity contribution is 0.103. The SMILES string of the molecule is CCOc1cccc(N)c1C(=O)c1cc(C)c(F)c(C)c1. The first-order valence-corrected chi connectivity index (χ1v) is 6.78. The zero-order valence-electron chi connectivity index (χ0n) is 12.4. The lowest BCUT2D eigenvalue weighted by Crippen LogP contribution is -2.10. The highest BCUT2D eigenvalue weighted by atomic mass is 19.1. The average Bonchev–Trinajstić information content (AvgIpc) is 2.44. The summed E-state index contributed by atoms with van der Waals surface area (Å²) in [6.07, 6.45) is 0. The van der Waals surface area contributed by atoms with Gasteiger partial charge in [-0.15, -0.1) is 0 Å². The van der Waals surface area contributed by atoms with Gasteiger partial charge in [0.15, 0.2) is 5.78 Å². The molecule has 0 bridgehead atoms. The van der Waals surface area contributed by atoms with Crippen LogP contribution in [0.4, 0.5) is 10.1 Å². The number of halogens is 1. The van der Waals surface area contributed by atoms with E-state index in [0.29, 0.717) is 40.3 Å². The van der Waals surface area contributed by atoms with Crippen molar-refractivity contribution in [2.24, 2.45) is 0 Å². The molecule has 3 nitrogen and oxygen atoms in total. The molecule has 0 saturated carbocycles. The lowest BCUT2D eigenvalue weighted by Gasteiger charge is -2.13. The maximum absolute atomic E-state index is 13.7. The molecule has 2 aromatic rings. The van der Waals surface area contributed by atoms with E-state index in [-0.39, 0.29) is 11.6 Å². The molecular weight excluding hydrogens is 269 g/mol. The largest absolute Gasteiger partial charge is 0.493 e. The summed E-state index contributed by atoms with van der Waals surface area (Å²) in [5, 5.41) is 0. The molecule has 110 valence electrons. The van der Waals surface area contributed by atoms with Crippen molar-refractivity contribution in [3.63, 3.8) is 0 Å². The molecule has 2 rings (SSSR count). The van der Waals surface area contributed by atoms with Crippen LogP contribution in [0.5, 0.6) is 5.75 Å². The van der Waals surface area contributed by atoms with Crippen molar-refractivity contribution in [2.45, 2.75) is 20.8 Å². The second-order valence-corrected chi connectivity index (χ2v) is 4.91. The molecule has 21 heavy (non-hydrogen) atoms. The summed E-state index contributed by atoms with van der Waals surface area (Å²) < 4.78 is 19.2. The number of ketones is 1. The fourth-order valence-corrected chi connectivity index (χ4v) is 2.29. The smallest absolute Gasteiger partial charge is 0.198 e. The molecule has 0 radical (unpaired) electrons. The van der Waals surface area contributed by atoms with Gasteiger partial charge in [0.05, 0.1) is 12.2 Å². The first kappa shape index (κ1) is 15.0. The molecule has 0 aromatic heterocycles. The summed E-state index contributed by atoms with van der Waals surface area (Å²) in [6, 6.07) is 8.16. The van der Waals surface area contributed by atoms with Crippen LogP contribution in [0.25, 0.3) is 0 Å². The second kappa shape index (κ2) is 5.95. The quantitative estimate of drug-likeness (QED) is 0.689. The Bertz CT molecular complexity index is 672. The number of benzene rings is 2. The van der Waals surface area contributed by atoms with Crippen molar-refractivity contribution >= 4 is 11.5 Å². The Labute approximate surface area is 123 Å². The maximum atomic E-state index is 13.7. The number of anilines is 1. The average molecular weight is 287 g/mol. The van der Waals surface area contributed by atoms with E-state index >= 15 is 0 Å². The number of carbonyl (C=O) groups is 1. The zero-order chi connectivity index (χ0) is 15.6. The van der Waals surface area contributed by atoms with E-state index in [1.165, 1.54) is 12.1 Å². The van der Waals surface area contributed by atoms with E-state index in [2.05, 4.69) is 0 Å². The maximum Gasteiger partial charge on any atom is 0.198 e.